The quantitative estimate of drug-likeness (QED) is 0.561. The Balaban J connectivity index is 0. The van der Waals surface area contributed by atoms with Crippen LogP contribution in [-0.2, 0) is 4.79 Å². The topological polar surface area (TPSA) is 67.5 Å². The number of hydrogen-bond donors (Lipinski definition) is 2. The summed E-state index contributed by atoms with van der Waals surface area (Å²) >= 11 is 5.94. The number of unbranched alkanes of at least 4 members (excludes halogenated alkanes) is 2. The summed E-state index contributed by atoms with van der Waals surface area (Å²) in [5.74, 6) is -0.115. The molecule has 0 radical (unpaired) electrons. The summed E-state index contributed by atoms with van der Waals surface area (Å²) in [6, 6.07) is 7.29. The van der Waals surface area contributed by atoms with Crippen molar-refractivity contribution in [2.45, 2.75) is 74.1 Å². The number of ketones is 1. The van der Waals surface area contributed by atoms with Crippen LogP contribution in [-0.4, -0.2) is 24.6 Å². The van der Waals surface area contributed by atoms with E-state index in [1.807, 2.05) is 39.8 Å². The lowest BCUT2D eigenvalue weighted by Crippen LogP contribution is -2.34. The molecular formula is C23H40ClN3O. The third-order valence-electron chi connectivity index (χ3n) is 3.68. The van der Waals surface area contributed by atoms with Crippen LogP contribution in [0.15, 0.2) is 40.5 Å². The molecule has 1 aliphatic rings. The van der Waals surface area contributed by atoms with Crippen molar-refractivity contribution in [3.05, 3.63) is 40.6 Å². The summed E-state index contributed by atoms with van der Waals surface area (Å²) in [7, 11) is 0. The average molecular weight is 410 g/mol. The fourth-order valence-electron chi connectivity index (χ4n) is 2.34. The van der Waals surface area contributed by atoms with Crippen LogP contribution in [0.3, 0.4) is 0 Å². The van der Waals surface area contributed by atoms with Crippen LogP contribution in [0, 0.1) is 0 Å². The molecule has 5 heteroatoms. The molecule has 0 aromatic heterocycles. The Morgan fingerprint density at radius 3 is 2.25 bits per heavy atom. The van der Waals surface area contributed by atoms with Crippen molar-refractivity contribution in [1.29, 1.82) is 0 Å². The number of piperidine rings is 1. The molecule has 1 aromatic carbocycles. The zero-order valence-corrected chi connectivity index (χ0v) is 19.6. The molecule has 2 rings (SSSR count). The number of nitrogens with zero attached hydrogens (tertiary/aromatic N) is 1. The first-order valence-corrected chi connectivity index (χ1v) is 10.9. The third-order valence-corrected chi connectivity index (χ3v) is 3.91. The van der Waals surface area contributed by atoms with Crippen LogP contribution in [0.5, 0.6) is 0 Å². The number of Topliss-reactive ketones (excluding diaryl/α,β-unsaturated/α-hetero) is 1. The Hall–Kier alpha value is -1.65. The van der Waals surface area contributed by atoms with Crippen LogP contribution >= 0.6 is 11.6 Å². The van der Waals surface area contributed by atoms with Gasteiger partial charge < -0.3 is 11.1 Å². The lowest BCUT2D eigenvalue weighted by molar-refractivity contribution is -0.113. The molecular weight excluding hydrogens is 370 g/mol. The van der Waals surface area contributed by atoms with E-state index in [1.54, 1.807) is 12.1 Å². The van der Waals surface area contributed by atoms with E-state index in [0.717, 1.165) is 23.5 Å². The molecule has 0 aliphatic carbocycles. The number of aliphatic imine (C=N–C) groups is 1. The zero-order valence-electron chi connectivity index (χ0n) is 18.9. The van der Waals surface area contributed by atoms with Crippen molar-refractivity contribution >= 4 is 28.8 Å². The Kier molecular flexibility index (Phi) is 19.1. The van der Waals surface area contributed by atoms with E-state index in [9.17, 15) is 4.79 Å². The van der Waals surface area contributed by atoms with Gasteiger partial charge in [0.15, 0.2) is 5.78 Å². The fourth-order valence-corrected chi connectivity index (χ4v) is 2.52. The summed E-state index contributed by atoms with van der Waals surface area (Å²) < 4.78 is 0. The van der Waals surface area contributed by atoms with E-state index in [-0.39, 0.29) is 5.78 Å². The molecule has 4 nitrogen and oxygen atoms in total. The Morgan fingerprint density at radius 1 is 1.18 bits per heavy atom. The summed E-state index contributed by atoms with van der Waals surface area (Å²) in [5, 5.41) is 3.86. The van der Waals surface area contributed by atoms with Crippen LogP contribution < -0.4 is 11.1 Å². The maximum atomic E-state index is 11.4. The summed E-state index contributed by atoms with van der Waals surface area (Å²) in [6.07, 6.45) is 4.79. The number of carbonyl (C=O) groups is 1. The smallest absolute Gasteiger partial charge is 0.175 e. The second kappa shape index (κ2) is 18.7. The number of benzene rings is 1. The molecule has 1 aromatic rings. The molecule has 0 amide bonds. The minimum atomic E-state index is -0.115. The van der Waals surface area contributed by atoms with E-state index in [1.165, 1.54) is 26.2 Å². The van der Waals surface area contributed by atoms with Gasteiger partial charge in [-0.3, -0.25) is 9.79 Å². The first-order chi connectivity index (χ1) is 13.5. The number of halogens is 1. The molecule has 28 heavy (non-hydrogen) atoms. The average Bonchev–Trinajstić information content (AvgIpc) is 2.72. The Labute approximate surface area is 177 Å². The van der Waals surface area contributed by atoms with Crippen LogP contribution in [0.1, 0.15) is 74.1 Å². The van der Waals surface area contributed by atoms with E-state index in [4.69, 9.17) is 17.3 Å². The van der Waals surface area contributed by atoms with E-state index < -0.39 is 0 Å². The predicted molar refractivity (Wildman–Crippen MR) is 126 cm³/mol. The van der Waals surface area contributed by atoms with Crippen molar-refractivity contribution in [3.8, 4) is 0 Å². The minimum Gasteiger partial charge on any atom is -0.396 e. The van der Waals surface area contributed by atoms with Crippen LogP contribution in [0.25, 0.3) is 0 Å². The van der Waals surface area contributed by atoms with Crippen LogP contribution in [0.4, 0.5) is 5.69 Å². The highest BCUT2D eigenvalue weighted by molar-refractivity contribution is 6.30. The van der Waals surface area contributed by atoms with Gasteiger partial charge in [0.2, 0.25) is 0 Å². The maximum absolute atomic E-state index is 11.4. The second-order valence-electron chi connectivity index (χ2n) is 5.77. The first kappa shape index (κ1) is 28.6. The predicted octanol–water partition coefficient (Wildman–Crippen LogP) is 6.46. The molecule has 0 bridgehead atoms. The van der Waals surface area contributed by atoms with Gasteiger partial charge in [-0.25, -0.2) is 0 Å². The maximum Gasteiger partial charge on any atom is 0.175 e. The molecule has 0 unspecified atom stereocenters. The number of nitrogens with two attached hydrogens (primary N) is 1. The van der Waals surface area contributed by atoms with Gasteiger partial charge in [-0.1, -0.05) is 78.5 Å². The monoisotopic (exact) mass is 409 g/mol. The molecule has 1 heterocycles. The SMILES string of the molecule is CC.CC.CC(=O)/C(N)=C1\CCNCC1=Nc1cccc(Cl)c1.CCCCC. The third kappa shape index (κ3) is 11.9. The lowest BCUT2D eigenvalue weighted by Gasteiger charge is -2.20. The van der Waals surface area contributed by atoms with E-state index in [2.05, 4.69) is 24.2 Å². The molecule has 0 atom stereocenters. The molecule has 1 aliphatic heterocycles. The number of nitrogens with one attached hydrogen (secondary N) is 1. The molecule has 1 saturated heterocycles. The van der Waals surface area contributed by atoms with Gasteiger partial charge in [-0.15, -0.1) is 0 Å². The summed E-state index contributed by atoms with van der Waals surface area (Å²) in [6.45, 7) is 15.3. The number of carbonyl (C=O) groups excluding carboxylic acids is 1. The molecule has 0 saturated carbocycles. The van der Waals surface area contributed by atoms with Crippen molar-refractivity contribution in [3.63, 3.8) is 0 Å². The van der Waals surface area contributed by atoms with Crippen molar-refractivity contribution in [1.82, 2.24) is 5.32 Å². The standard InChI is InChI=1S/C14H16ClN3O.C5H12.2C2H6/c1-9(19)14(16)12-5-6-17-8-13(12)18-11-4-2-3-10(15)7-11;1-3-5-4-2;2*1-2/h2-4,7,17H,5-6,8,16H2,1H3;3-5H2,1-2H3;2*1-2H3/b14-12-,18-13?;;;. The Morgan fingerprint density at radius 2 is 1.79 bits per heavy atom. The first-order valence-electron chi connectivity index (χ1n) is 10.5. The van der Waals surface area contributed by atoms with Gasteiger partial charge in [-0.2, -0.15) is 0 Å². The molecule has 1 fully saturated rings. The fraction of sp³-hybridized carbons (Fsp3) is 0.565. The largest absolute Gasteiger partial charge is 0.396 e. The van der Waals surface area contributed by atoms with E-state index in [0.29, 0.717) is 23.7 Å². The summed E-state index contributed by atoms with van der Waals surface area (Å²) in [4.78, 5) is 16.0. The van der Waals surface area contributed by atoms with Gasteiger partial charge in [0.1, 0.15) is 0 Å². The Bertz CT molecular complexity index is 608. The van der Waals surface area contributed by atoms with Gasteiger partial charge in [0.05, 0.1) is 17.1 Å². The van der Waals surface area contributed by atoms with Gasteiger partial charge >= 0.3 is 0 Å². The number of hydrogen-bond acceptors (Lipinski definition) is 4. The number of rotatable bonds is 4. The van der Waals surface area contributed by atoms with Crippen molar-refractivity contribution in [2.24, 2.45) is 10.7 Å². The zero-order chi connectivity index (χ0) is 21.9. The normalized spacial score (nSPS) is 15.8. The van der Waals surface area contributed by atoms with E-state index >= 15 is 0 Å². The van der Waals surface area contributed by atoms with Crippen molar-refractivity contribution < 1.29 is 4.79 Å². The molecule has 0 spiro atoms. The van der Waals surface area contributed by atoms with Gasteiger partial charge in [-0.05, 0) is 31.2 Å². The minimum absolute atomic E-state index is 0.115. The lowest BCUT2D eigenvalue weighted by atomic mass is 9.99. The summed E-state index contributed by atoms with van der Waals surface area (Å²) in [5.41, 5.74) is 8.58. The van der Waals surface area contributed by atoms with Gasteiger partial charge in [0.25, 0.3) is 0 Å². The second-order valence-corrected chi connectivity index (χ2v) is 6.20. The van der Waals surface area contributed by atoms with Crippen LogP contribution in [0.2, 0.25) is 5.02 Å². The highest BCUT2D eigenvalue weighted by Gasteiger charge is 2.18. The van der Waals surface area contributed by atoms with Crippen molar-refractivity contribution in [2.75, 3.05) is 13.1 Å². The number of allylic oxidation sites excluding steroid dienone is 1. The molecule has 160 valence electrons. The highest BCUT2D eigenvalue weighted by atomic mass is 35.5. The highest BCUT2D eigenvalue weighted by Crippen LogP contribution is 2.21. The van der Waals surface area contributed by atoms with Gasteiger partial charge in [0, 0.05) is 24.1 Å². The molecule has 3 N–H and O–H groups in total.